The Morgan fingerprint density at radius 3 is 2.38 bits per heavy atom. The molecule has 0 saturated heterocycles. The molecule has 0 unspecified atom stereocenters. The number of aliphatic imine (C=N–C) groups is 1. The topological polar surface area (TPSA) is 63.6 Å². The van der Waals surface area contributed by atoms with E-state index < -0.39 is 0 Å². The van der Waals surface area contributed by atoms with Crippen molar-refractivity contribution in [2.45, 2.75) is 13.8 Å². The molecule has 0 atom stereocenters. The third kappa shape index (κ3) is 2.57. The van der Waals surface area contributed by atoms with Gasteiger partial charge in [0.15, 0.2) is 0 Å². The predicted octanol–water partition coefficient (Wildman–Crippen LogP) is 4.48. The number of halogens is 1. The largest absolute Gasteiger partial charge is 0.508 e. The van der Waals surface area contributed by atoms with E-state index in [1.165, 1.54) is 0 Å². The molecule has 0 aliphatic carbocycles. The Labute approximate surface area is 148 Å². The maximum atomic E-state index is 9.60. The van der Waals surface area contributed by atoms with Crippen LogP contribution in [0.3, 0.4) is 0 Å². The summed E-state index contributed by atoms with van der Waals surface area (Å²) >= 11 is 3.70. The van der Waals surface area contributed by atoms with Crippen LogP contribution in [-0.4, -0.2) is 28.1 Å². The fraction of sp³-hybridized carbons (Fsp3) is 0.222. The first kappa shape index (κ1) is 16.5. The van der Waals surface area contributed by atoms with Gasteiger partial charge in [0.25, 0.3) is 0 Å². The van der Waals surface area contributed by atoms with Gasteiger partial charge >= 0.3 is 0 Å². The summed E-state index contributed by atoms with van der Waals surface area (Å²) in [6, 6.07) is 7.15. The molecule has 0 spiro atoms. The minimum atomic E-state index is 0.236. The fourth-order valence-electron chi connectivity index (χ4n) is 2.93. The van der Waals surface area contributed by atoms with Gasteiger partial charge in [-0.25, -0.2) is 0 Å². The first-order chi connectivity index (χ1) is 11.5. The lowest BCUT2D eigenvalue weighted by atomic mass is 9.95. The molecule has 124 valence electrons. The molecule has 3 aromatic rings. The van der Waals surface area contributed by atoms with E-state index in [0.717, 1.165) is 44.0 Å². The van der Waals surface area contributed by atoms with Crippen molar-refractivity contribution in [1.82, 2.24) is 9.72 Å². The minimum absolute atomic E-state index is 0.236. The molecule has 5 nitrogen and oxygen atoms in total. The smallest absolute Gasteiger partial charge is 0.141 e. The summed E-state index contributed by atoms with van der Waals surface area (Å²) < 4.78 is 8.35. The van der Waals surface area contributed by atoms with Crippen molar-refractivity contribution in [2.75, 3.05) is 7.05 Å². The van der Waals surface area contributed by atoms with Crippen LogP contribution < -0.4 is 0 Å². The zero-order valence-corrected chi connectivity index (χ0v) is 15.5. The van der Waals surface area contributed by atoms with E-state index in [1.807, 2.05) is 43.8 Å². The number of benzene rings is 1. The molecule has 3 rings (SSSR count). The van der Waals surface area contributed by atoms with Gasteiger partial charge in [0.2, 0.25) is 0 Å². The zero-order valence-electron chi connectivity index (χ0n) is 14.0. The van der Waals surface area contributed by atoms with Gasteiger partial charge in [-0.15, -0.1) is 0 Å². The quantitative estimate of drug-likeness (QED) is 0.673. The van der Waals surface area contributed by atoms with E-state index in [-0.39, 0.29) is 5.75 Å². The number of aryl methyl sites for hydroxylation is 2. The van der Waals surface area contributed by atoms with Crippen molar-refractivity contribution in [3.05, 3.63) is 46.0 Å². The van der Waals surface area contributed by atoms with Crippen LogP contribution in [0.25, 0.3) is 22.3 Å². The van der Waals surface area contributed by atoms with Crippen LogP contribution in [0, 0.1) is 13.8 Å². The van der Waals surface area contributed by atoms with Crippen molar-refractivity contribution < 1.29 is 9.63 Å². The number of phenolic OH excluding ortho intramolecular Hbond substituents is 1. The number of hydrogen-bond donors (Lipinski definition) is 1. The number of phenols is 1. The van der Waals surface area contributed by atoms with Gasteiger partial charge in [0.05, 0.1) is 21.6 Å². The molecule has 24 heavy (non-hydrogen) atoms. The maximum Gasteiger partial charge on any atom is 0.141 e. The molecular formula is C18H18BrN3O2. The number of aromatic nitrogens is 2. The van der Waals surface area contributed by atoms with Gasteiger partial charge in [0.1, 0.15) is 11.5 Å². The predicted molar refractivity (Wildman–Crippen MR) is 98.7 cm³/mol. The monoisotopic (exact) mass is 387 g/mol. The van der Waals surface area contributed by atoms with Crippen LogP contribution in [0.1, 0.15) is 17.1 Å². The van der Waals surface area contributed by atoms with Crippen LogP contribution >= 0.6 is 15.9 Å². The van der Waals surface area contributed by atoms with Gasteiger partial charge in [0, 0.05) is 31.4 Å². The summed E-state index contributed by atoms with van der Waals surface area (Å²) in [7, 11) is 3.73. The van der Waals surface area contributed by atoms with Crippen molar-refractivity contribution in [2.24, 2.45) is 12.0 Å². The van der Waals surface area contributed by atoms with Gasteiger partial charge in [-0.05, 0) is 47.5 Å². The van der Waals surface area contributed by atoms with E-state index in [2.05, 4.69) is 26.1 Å². The SMILES string of the molecule is CN=Cc1c(-c2c(C)noc2C)c(-c2ccc(O)cc2)c(Br)n1C. The van der Waals surface area contributed by atoms with Crippen LogP contribution in [0.2, 0.25) is 0 Å². The van der Waals surface area contributed by atoms with Crippen LogP contribution in [0.15, 0.2) is 38.4 Å². The normalized spacial score (nSPS) is 11.5. The summed E-state index contributed by atoms with van der Waals surface area (Å²) in [6.45, 7) is 3.84. The Morgan fingerprint density at radius 1 is 1.17 bits per heavy atom. The van der Waals surface area contributed by atoms with Crippen LogP contribution in [-0.2, 0) is 7.05 Å². The third-order valence-electron chi connectivity index (χ3n) is 4.06. The Hall–Kier alpha value is -2.34. The van der Waals surface area contributed by atoms with Crippen molar-refractivity contribution in [3.8, 4) is 28.0 Å². The number of nitrogens with zero attached hydrogens (tertiary/aromatic N) is 3. The highest BCUT2D eigenvalue weighted by atomic mass is 79.9. The number of aromatic hydroxyl groups is 1. The molecule has 0 amide bonds. The number of rotatable bonds is 3. The van der Waals surface area contributed by atoms with Crippen molar-refractivity contribution in [1.29, 1.82) is 0 Å². The Kier molecular flexibility index (Phi) is 4.32. The first-order valence-corrected chi connectivity index (χ1v) is 8.28. The molecule has 0 aliphatic heterocycles. The highest BCUT2D eigenvalue weighted by Gasteiger charge is 2.25. The molecule has 1 aromatic carbocycles. The molecule has 0 bridgehead atoms. The standard InChI is InChI=1S/C18H18BrN3O2/c1-10-15(11(2)24-21-10)17-14(9-20-3)22(4)18(19)16(17)12-5-7-13(23)8-6-12/h5-9,23H,1-4H3. The van der Waals surface area contributed by atoms with Crippen LogP contribution in [0.4, 0.5) is 0 Å². The maximum absolute atomic E-state index is 9.60. The van der Waals surface area contributed by atoms with Crippen molar-refractivity contribution in [3.63, 3.8) is 0 Å². The minimum Gasteiger partial charge on any atom is -0.508 e. The van der Waals surface area contributed by atoms with Gasteiger partial charge < -0.3 is 14.2 Å². The zero-order chi connectivity index (χ0) is 17.4. The first-order valence-electron chi connectivity index (χ1n) is 7.48. The highest BCUT2D eigenvalue weighted by Crippen LogP contribution is 2.44. The number of hydrogen-bond acceptors (Lipinski definition) is 4. The Morgan fingerprint density at radius 2 is 1.83 bits per heavy atom. The Balaban J connectivity index is 2.41. The van der Waals surface area contributed by atoms with E-state index in [0.29, 0.717) is 0 Å². The Bertz CT molecular complexity index is 901. The van der Waals surface area contributed by atoms with Gasteiger partial charge in [-0.2, -0.15) is 0 Å². The average molecular weight is 388 g/mol. The van der Waals surface area contributed by atoms with E-state index in [1.54, 1.807) is 19.2 Å². The second-order valence-corrected chi connectivity index (χ2v) is 6.37. The molecule has 0 saturated carbocycles. The summed E-state index contributed by atoms with van der Waals surface area (Å²) in [6.07, 6.45) is 1.83. The molecule has 0 aliphatic rings. The molecule has 0 fully saturated rings. The summed E-state index contributed by atoms with van der Waals surface area (Å²) in [4.78, 5) is 4.20. The average Bonchev–Trinajstić information content (AvgIpc) is 3.00. The summed E-state index contributed by atoms with van der Waals surface area (Å²) in [5.74, 6) is 0.997. The summed E-state index contributed by atoms with van der Waals surface area (Å²) in [5.41, 5.74) is 5.77. The molecule has 0 radical (unpaired) electrons. The fourth-order valence-corrected chi connectivity index (χ4v) is 3.55. The second-order valence-electron chi connectivity index (χ2n) is 5.62. The molecule has 6 heteroatoms. The van der Waals surface area contributed by atoms with E-state index in [9.17, 15) is 5.11 Å². The highest BCUT2D eigenvalue weighted by molar-refractivity contribution is 9.10. The molecular weight excluding hydrogens is 370 g/mol. The second kappa shape index (κ2) is 6.28. The van der Waals surface area contributed by atoms with Crippen molar-refractivity contribution >= 4 is 22.1 Å². The van der Waals surface area contributed by atoms with Gasteiger partial charge in [-0.1, -0.05) is 17.3 Å². The lowest BCUT2D eigenvalue weighted by Crippen LogP contribution is -1.97. The van der Waals surface area contributed by atoms with E-state index in [4.69, 9.17) is 4.52 Å². The lowest BCUT2D eigenvalue weighted by Gasteiger charge is -2.07. The third-order valence-corrected chi connectivity index (χ3v) is 4.99. The summed E-state index contributed by atoms with van der Waals surface area (Å²) in [5, 5.41) is 13.7. The molecule has 2 heterocycles. The van der Waals surface area contributed by atoms with E-state index >= 15 is 0 Å². The molecule has 2 aromatic heterocycles. The van der Waals surface area contributed by atoms with Crippen LogP contribution in [0.5, 0.6) is 5.75 Å². The van der Waals surface area contributed by atoms with Gasteiger partial charge in [-0.3, -0.25) is 4.99 Å². The molecule has 1 N–H and O–H groups in total. The lowest BCUT2D eigenvalue weighted by molar-refractivity contribution is 0.393.